The third-order valence-electron chi connectivity index (χ3n) is 6.27. The van der Waals surface area contributed by atoms with Crippen molar-refractivity contribution in [3.8, 4) is 0 Å². The Labute approximate surface area is 120 Å². The molecule has 2 heteroatoms. The fraction of sp³-hybridized carbons (Fsp3) is 0.882. The van der Waals surface area contributed by atoms with E-state index in [0.717, 1.165) is 5.92 Å². The first-order valence-electron chi connectivity index (χ1n) is 7.94. The van der Waals surface area contributed by atoms with E-state index in [4.69, 9.17) is 4.43 Å². The molecule has 2 fully saturated rings. The van der Waals surface area contributed by atoms with Crippen LogP contribution in [0.25, 0.3) is 0 Å². The number of hydrogen-bond donors (Lipinski definition) is 0. The highest BCUT2D eigenvalue weighted by Crippen LogP contribution is 2.56. The SMILES string of the molecule is C=C1CCCC2C(O[Si](C)(C)C(C)(C)C)CCC12C. The van der Waals surface area contributed by atoms with Crippen LogP contribution in [-0.4, -0.2) is 14.4 Å². The van der Waals surface area contributed by atoms with Gasteiger partial charge in [0.15, 0.2) is 8.32 Å². The highest BCUT2D eigenvalue weighted by molar-refractivity contribution is 6.74. The molecule has 0 bridgehead atoms. The van der Waals surface area contributed by atoms with Crippen molar-refractivity contribution in [1.82, 2.24) is 0 Å². The molecule has 1 nitrogen and oxygen atoms in total. The Kier molecular flexibility index (Phi) is 3.81. The van der Waals surface area contributed by atoms with Crippen molar-refractivity contribution >= 4 is 8.32 Å². The summed E-state index contributed by atoms with van der Waals surface area (Å²) in [4.78, 5) is 0. The summed E-state index contributed by atoms with van der Waals surface area (Å²) in [5.41, 5.74) is 1.86. The molecule has 0 N–H and O–H groups in total. The quantitative estimate of drug-likeness (QED) is 0.477. The second-order valence-electron chi connectivity index (χ2n) is 8.48. The second-order valence-corrected chi connectivity index (χ2v) is 13.2. The summed E-state index contributed by atoms with van der Waals surface area (Å²) in [6.07, 6.45) is 6.91. The Hall–Kier alpha value is -0.0831. The van der Waals surface area contributed by atoms with Crippen LogP contribution in [0.1, 0.15) is 59.8 Å². The Bertz CT molecular complexity index is 366. The van der Waals surface area contributed by atoms with Crippen molar-refractivity contribution in [1.29, 1.82) is 0 Å². The van der Waals surface area contributed by atoms with Crippen LogP contribution in [0.3, 0.4) is 0 Å². The highest BCUT2D eigenvalue weighted by atomic mass is 28.4. The van der Waals surface area contributed by atoms with Crippen LogP contribution in [0, 0.1) is 11.3 Å². The Morgan fingerprint density at radius 1 is 1.26 bits per heavy atom. The van der Waals surface area contributed by atoms with Gasteiger partial charge in [-0.25, -0.2) is 0 Å². The van der Waals surface area contributed by atoms with Crippen molar-refractivity contribution in [3.05, 3.63) is 12.2 Å². The minimum Gasteiger partial charge on any atom is -0.414 e. The van der Waals surface area contributed by atoms with Crippen molar-refractivity contribution in [2.24, 2.45) is 11.3 Å². The van der Waals surface area contributed by atoms with Gasteiger partial charge in [0.25, 0.3) is 0 Å². The molecule has 3 unspecified atom stereocenters. The van der Waals surface area contributed by atoms with Crippen LogP contribution in [0.4, 0.5) is 0 Å². The van der Waals surface area contributed by atoms with Gasteiger partial charge in [-0.2, -0.15) is 0 Å². The zero-order valence-corrected chi connectivity index (χ0v) is 14.8. The summed E-state index contributed by atoms with van der Waals surface area (Å²) in [7, 11) is -1.63. The fourth-order valence-corrected chi connectivity index (χ4v) is 5.09. The maximum absolute atomic E-state index is 6.74. The van der Waals surface area contributed by atoms with Crippen LogP contribution < -0.4 is 0 Å². The average Bonchev–Trinajstić information content (AvgIpc) is 2.57. The molecule has 2 aliphatic rings. The molecular weight excluding hydrogens is 248 g/mol. The van der Waals surface area contributed by atoms with Crippen molar-refractivity contribution in [3.63, 3.8) is 0 Å². The van der Waals surface area contributed by atoms with E-state index in [1.165, 1.54) is 37.7 Å². The first-order valence-corrected chi connectivity index (χ1v) is 10.8. The van der Waals surface area contributed by atoms with Gasteiger partial charge in [0.1, 0.15) is 0 Å². The third kappa shape index (κ3) is 2.58. The Balaban J connectivity index is 2.14. The molecule has 0 spiro atoms. The monoisotopic (exact) mass is 280 g/mol. The van der Waals surface area contributed by atoms with Crippen LogP contribution in [0.2, 0.25) is 18.1 Å². The lowest BCUT2D eigenvalue weighted by Crippen LogP contribution is -2.46. The number of fused-ring (bicyclic) bond motifs is 1. The molecule has 19 heavy (non-hydrogen) atoms. The lowest BCUT2D eigenvalue weighted by atomic mass is 9.66. The predicted molar refractivity (Wildman–Crippen MR) is 85.9 cm³/mol. The van der Waals surface area contributed by atoms with Crippen LogP contribution in [0.15, 0.2) is 12.2 Å². The van der Waals surface area contributed by atoms with Gasteiger partial charge in [-0.05, 0) is 61.6 Å². The summed E-state index contributed by atoms with van der Waals surface area (Å²) < 4.78 is 6.74. The Morgan fingerprint density at radius 3 is 2.47 bits per heavy atom. The lowest BCUT2D eigenvalue weighted by Gasteiger charge is -2.44. The van der Waals surface area contributed by atoms with E-state index < -0.39 is 8.32 Å². The molecule has 2 rings (SSSR count). The van der Waals surface area contributed by atoms with Crippen molar-refractivity contribution < 1.29 is 4.43 Å². The van der Waals surface area contributed by atoms with E-state index >= 15 is 0 Å². The van der Waals surface area contributed by atoms with Gasteiger partial charge in [0, 0.05) is 6.10 Å². The molecule has 110 valence electrons. The summed E-state index contributed by atoms with van der Waals surface area (Å²) in [5.74, 6) is 0.725. The minimum absolute atomic E-state index is 0.317. The fourth-order valence-electron chi connectivity index (χ4n) is 3.70. The second kappa shape index (κ2) is 4.73. The normalized spacial score (nSPS) is 36.4. The smallest absolute Gasteiger partial charge is 0.192 e. The molecule has 0 aromatic carbocycles. The van der Waals surface area contributed by atoms with Gasteiger partial charge < -0.3 is 4.43 Å². The summed E-state index contributed by atoms with van der Waals surface area (Å²) in [5, 5.41) is 0.317. The van der Waals surface area contributed by atoms with Crippen LogP contribution >= 0.6 is 0 Å². The van der Waals surface area contributed by atoms with Crippen molar-refractivity contribution in [2.45, 2.75) is 84.0 Å². The van der Waals surface area contributed by atoms with E-state index in [2.05, 4.69) is 47.4 Å². The zero-order valence-electron chi connectivity index (χ0n) is 13.8. The maximum atomic E-state index is 6.74. The molecule has 0 amide bonds. The molecule has 0 radical (unpaired) electrons. The van der Waals surface area contributed by atoms with Gasteiger partial charge in [0.2, 0.25) is 0 Å². The predicted octanol–water partition coefficient (Wildman–Crippen LogP) is 5.53. The molecule has 2 saturated carbocycles. The first-order chi connectivity index (χ1) is 8.58. The number of rotatable bonds is 2. The topological polar surface area (TPSA) is 9.23 Å². The van der Waals surface area contributed by atoms with Gasteiger partial charge in [0.05, 0.1) is 0 Å². The summed E-state index contributed by atoms with van der Waals surface area (Å²) in [6.45, 7) is 18.6. The molecule has 2 aliphatic carbocycles. The molecular formula is C17H32OSi. The minimum atomic E-state index is -1.63. The molecule has 0 aliphatic heterocycles. The highest BCUT2D eigenvalue weighted by Gasteiger charge is 2.51. The van der Waals surface area contributed by atoms with Crippen LogP contribution in [0.5, 0.6) is 0 Å². The summed E-state index contributed by atoms with van der Waals surface area (Å²) in [6, 6.07) is 0. The van der Waals surface area contributed by atoms with E-state index in [9.17, 15) is 0 Å². The lowest BCUT2D eigenvalue weighted by molar-refractivity contribution is 0.0878. The van der Waals surface area contributed by atoms with E-state index in [0.29, 0.717) is 16.6 Å². The van der Waals surface area contributed by atoms with Gasteiger partial charge in [-0.1, -0.05) is 39.8 Å². The van der Waals surface area contributed by atoms with E-state index in [1.807, 2.05) is 0 Å². The van der Waals surface area contributed by atoms with Crippen molar-refractivity contribution in [2.75, 3.05) is 0 Å². The van der Waals surface area contributed by atoms with E-state index in [1.54, 1.807) is 0 Å². The molecule has 0 aromatic rings. The number of hydrogen-bond acceptors (Lipinski definition) is 1. The third-order valence-corrected chi connectivity index (χ3v) is 10.8. The summed E-state index contributed by atoms with van der Waals surface area (Å²) >= 11 is 0. The first kappa shape index (κ1) is 15.3. The van der Waals surface area contributed by atoms with Gasteiger partial charge >= 0.3 is 0 Å². The molecule has 3 atom stereocenters. The Morgan fingerprint density at radius 2 is 1.89 bits per heavy atom. The standard InChI is InChI=1S/C17H32OSi/c1-13-9-8-10-14-15(11-12-17(13,14)5)18-19(6,7)16(2,3)4/h14-15H,1,8-12H2,2-7H3. The average molecular weight is 281 g/mol. The largest absolute Gasteiger partial charge is 0.414 e. The van der Waals surface area contributed by atoms with Crippen LogP contribution in [-0.2, 0) is 4.43 Å². The van der Waals surface area contributed by atoms with Gasteiger partial charge in [-0.15, -0.1) is 0 Å². The molecule has 0 saturated heterocycles. The van der Waals surface area contributed by atoms with Gasteiger partial charge in [-0.3, -0.25) is 0 Å². The maximum Gasteiger partial charge on any atom is 0.192 e. The number of allylic oxidation sites excluding steroid dienone is 1. The molecule has 0 aromatic heterocycles. The zero-order chi connectivity index (χ0) is 14.5. The molecule has 0 heterocycles. The van der Waals surface area contributed by atoms with E-state index in [-0.39, 0.29) is 0 Å².